The Balaban J connectivity index is 1.54. The molecule has 1 aliphatic rings. The first-order valence-corrected chi connectivity index (χ1v) is 10.2. The summed E-state index contributed by atoms with van der Waals surface area (Å²) >= 11 is 0. The highest BCUT2D eigenvalue weighted by Crippen LogP contribution is 2.28. The van der Waals surface area contributed by atoms with Crippen LogP contribution in [0, 0.1) is 0 Å². The molecule has 0 saturated heterocycles. The Labute approximate surface area is 179 Å². The SMILES string of the molecule is O=C1Nc2cccc(n2)-c2nccn2CCCCOc2ccc(-c3ccncc3)cc21. The minimum absolute atomic E-state index is 0.268. The molecular formula is C24H21N5O2. The van der Waals surface area contributed by atoms with Gasteiger partial charge in [-0.2, -0.15) is 0 Å². The van der Waals surface area contributed by atoms with E-state index < -0.39 is 0 Å². The number of hydrogen-bond acceptors (Lipinski definition) is 5. The van der Waals surface area contributed by atoms with Gasteiger partial charge in [0.15, 0.2) is 5.82 Å². The van der Waals surface area contributed by atoms with Gasteiger partial charge in [0.25, 0.3) is 5.91 Å². The van der Waals surface area contributed by atoms with Gasteiger partial charge in [0.2, 0.25) is 0 Å². The third kappa shape index (κ3) is 4.02. The summed E-state index contributed by atoms with van der Waals surface area (Å²) in [5.74, 6) is 1.55. The van der Waals surface area contributed by atoms with Crippen molar-refractivity contribution in [1.29, 1.82) is 0 Å². The van der Waals surface area contributed by atoms with Gasteiger partial charge in [0.05, 0.1) is 12.2 Å². The van der Waals surface area contributed by atoms with Crippen LogP contribution in [-0.2, 0) is 6.54 Å². The number of carbonyl (C=O) groups is 1. The van der Waals surface area contributed by atoms with Gasteiger partial charge in [-0.15, -0.1) is 0 Å². The number of nitrogens with zero attached hydrogens (tertiary/aromatic N) is 4. The Morgan fingerprint density at radius 1 is 0.968 bits per heavy atom. The molecule has 0 aliphatic carbocycles. The van der Waals surface area contributed by atoms with E-state index in [2.05, 4.69) is 24.8 Å². The molecule has 1 aliphatic heterocycles. The van der Waals surface area contributed by atoms with Gasteiger partial charge in [-0.25, -0.2) is 9.97 Å². The number of imidazole rings is 1. The third-order valence-corrected chi connectivity index (χ3v) is 5.22. The number of amides is 1. The average molecular weight is 411 g/mol. The van der Waals surface area contributed by atoms with Crippen LogP contribution in [0.2, 0.25) is 0 Å². The first-order valence-electron chi connectivity index (χ1n) is 10.2. The lowest BCUT2D eigenvalue weighted by atomic mass is 10.0. The van der Waals surface area contributed by atoms with Crippen molar-refractivity contribution in [3.63, 3.8) is 0 Å². The van der Waals surface area contributed by atoms with Gasteiger partial charge in [0.1, 0.15) is 17.3 Å². The van der Waals surface area contributed by atoms with Crippen molar-refractivity contribution in [3.8, 4) is 28.4 Å². The van der Waals surface area contributed by atoms with Crippen LogP contribution in [0.3, 0.4) is 0 Å². The van der Waals surface area contributed by atoms with Crippen LogP contribution in [0.15, 0.2) is 73.3 Å². The molecule has 0 fully saturated rings. The van der Waals surface area contributed by atoms with Crippen LogP contribution in [0.25, 0.3) is 22.6 Å². The number of rotatable bonds is 1. The zero-order valence-corrected chi connectivity index (χ0v) is 16.9. The van der Waals surface area contributed by atoms with Gasteiger partial charge < -0.3 is 14.6 Å². The lowest BCUT2D eigenvalue weighted by Crippen LogP contribution is -2.16. The molecule has 154 valence electrons. The number of aromatic nitrogens is 4. The number of nitrogens with one attached hydrogen (secondary N) is 1. The van der Waals surface area contributed by atoms with E-state index in [9.17, 15) is 4.79 Å². The lowest BCUT2D eigenvalue weighted by Gasteiger charge is -2.15. The van der Waals surface area contributed by atoms with E-state index >= 15 is 0 Å². The topological polar surface area (TPSA) is 81.9 Å². The Morgan fingerprint density at radius 2 is 1.87 bits per heavy atom. The fraction of sp³-hybridized carbons (Fsp3) is 0.167. The highest BCUT2D eigenvalue weighted by molar-refractivity contribution is 6.06. The minimum atomic E-state index is -0.268. The molecule has 0 atom stereocenters. The molecule has 2 bridgehead atoms. The smallest absolute Gasteiger partial charge is 0.260 e. The maximum absolute atomic E-state index is 13.2. The Hall–Kier alpha value is -4.00. The maximum Gasteiger partial charge on any atom is 0.260 e. The highest BCUT2D eigenvalue weighted by Gasteiger charge is 2.17. The van der Waals surface area contributed by atoms with Gasteiger partial charge in [0, 0.05) is 31.3 Å². The zero-order chi connectivity index (χ0) is 21.0. The summed E-state index contributed by atoms with van der Waals surface area (Å²) in [6.07, 6.45) is 8.98. The molecule has 0 saturated carbocycles. The Kier molecular flexibility index (Phi) is 5.14. The van der Waals surface area contributed by atoms with E-state index in [-0.39, 0.29) is 5.91 Å². The number of aryl methyl sites for hydroxylation is 1. The number of anilines is 1. The van der Waals surface area contributed by atoms with Crippen LogP contribution in [0.5, 0.6) is 5.75 Å². The second kappa shape index (κ2) is 8.39. The molecule has 7 nitrogen and oxygen atoms in total. The van der Waals surface area contributed by atoms with E-state index in [1.165, 1.54) is 0 Å². The summed E-state index contributed by atoms with van der Waals surface area (Å²) in [5.41, 5.74) is 3.10. The summed E-state index contributed by atoms with van der Waals surface area (Å²) in [6.45, 7) is 1.35. The summed E-state index contributed by atoms with van der Waals surface area (Å²) in [7, 11) is 0. The fourth-order valence-corrected chi connectivity index (χ4v) is 3.66. The molecule has 5 rings (SSSR count). The van der Waals surface area contributed by atoms with Crippen molar-refractivity contribution in [2.75, 3.05) is 11.9 Å². The molecule has 1 amide bonds. The summed E-state index contributed by atoms with van der Waals surface area (Å²) in [4.78, 5) is 26.3. The molecule has 4 aromatic rings. The first-order chi connectivity index (χ1) is 15.3. The van der Waals surface area contributed by atoms with E-state index in [0.717, 1.165) is 42.0 Å². The third-order valence-electron chi connectivity index (χ3n) is 5.22. The summed E-state index contributed by atoms with van der Waals surface area (Å²) in [6, 6.07) is 15.0. The second-order valence-corrected chi connectivity index (χ2v) is 7.31. The summed E-state index contributed by atoms with van der Waals surface area (Å²) in [5, 5.41) is 2.91. The van der Waals surface area contributed by atoms with E-state index in [0.29, 0.717) is 23.7 Å². The molecule has 1 N–H and O–H groups in total. The first kappa shape index (κ1) is 19.0. The number of hydrogen-bond donors (Lipinski definition) is 1. The van der Waals surface area contributed by atoms with Crippen LogP contribution in [0.1, 0.15) is 23.2 Å². The van der Waals surface area contributed by atoms with Crippen LogP contribution in [0.4, 0.5) is 5.82 Å². The van der Waals surface area contributed by atoms with E-state index in [4.69, 9.17) is 4.74 Å². The predicted octanol–water partition coefficient (Wildman–Crippen LogP) is 4.43. The van der Waals surface area contributed by atoms with Crippen molar-refractivity contribution in [3.05, 3.63) is 78.9 Å². The number of ether oxygens (including phenoxy) is 1. The van der Waals surface area contributed by atoms with Crippen molar-refractivity contribution < 1.29 is 9.53 Å². The number of fused-ring (bicyclic) bond motifs is 5. The van der Waals surface area contributed by atoms with E-state index in [1.807, 2.05) is 48.7 Å². The van der Waals surface area contributed by atoms with Crippen molar-refractivity contribution >= 4 is 11.7 Å². The van der Waals surface area contributed by atoms with Crippen LogP contribution in [-0.4, -0.2) is 32.0 Å². The number of pyridine rings is 2. The molecule has 1 aromatic carbocycles. The van der Waals surface area contributed by atoms with Crippen molar-refractivity contribution in [2.24, 2.45) is 0 Å². The standard InChI is InChI=1S/C24H21N5O2/c30-24-19-16-18(17-8-10-25-11-9-17)6-7-21(19)31-15-2-1-13-29-14-12-26-23(29)20-4-3-5-22(27-20)28-24/h3-12,14,16H,1-2,13,15H2,(H,27,28,30). The summed E-state index contributed by atoms with van der Waals surface area (Å²) < 4.78 is 8.08. The lowest BCUT2D eigenvalue weighted by molar-refractivity contribution is 0.102. The highest BCUT2D eigenvalue weighted by atomic mass is 16.5. The number of benzene rings is 1. The van der Waals surface area contributed by atoms with Crippen LogP contribution < -0.4 is 10.1 Å². The molecule has 4 heterocycles. The van der Waals surface area contributed by atoms with Crippen molar-refractivity contribution in [2.45, 2.75) is 19.4 Å². The van der Waals surface area contributed by atoms with Gasteiger partial charge in [-0.05, 0) is 60.4 Å². The second-order valence-electron chi connectivity index (χ2n) is 7.31. The van der Waals surface area contributed by atoms with Crippen molar-refractivity contribution in [1.82, 2.24) is 19.5 Å². The molecule has 0 unspecified atom stereocenters. The molecule has 0 radical (unpaired) electrons. The monoisotopic (exact) mass is 411 g/mol. The Morgan fingerprint density at radius 3 is 2.77 bits per heavy atom. The zero-order valence-electron chi connectivity index (χ0n) is 16.9. The predicted molar refractivity (Wildman–Crippen MR) is 118 cm³/mol. The van der Waals surface area contributed by atoms with Gasteiger partial charge >= 0.3 is 0 Å². The molecular weight excluding hydrogens is 390 g/mol. The average Bonchev–Trinajstić information content (AvgIpc) is 3.28. The Bertz CT molecular complexity index is 1220. The van der Waals surface area contributed by atoms with Crippen LogP contribution >= 0.6 is 0 Å². The fourth-order valence-electron chi connectivity index (χ4n) is 3.66. The molecule has 31 heavy (non-hydrogen) atoms. The quantitative estimate of drug-likeness (QED) is 0.501. The largest absolute Gasteiger partial charge is 0.493 e. The van der Waals surface area contributed by atoms with Gasteiger partial charge in [-0.1, -0.05) is 12.1 Å². The number of carbonyl (C=O) groups excluding carboxylic acids is 1. The van der Waals surface area contributed by atoms with E-state index in [1.54, 1.807) is 24.7 Å². The molecule has 7 heteroatoms. The molecule has 0 spiro atoms. The normalized spacial score (nSPS) is 13.9. The molecule has 3 aromatic heterocycles. The minimum Gasteiger partial charge on any atom is -0.493 e. The maximum atomic E-state index is 13.2. The van der Waals surface area contributed by atoms with Gasteiger partial charge in [-0.3, -0.25) is 9.78 Å².